The van der Waals surface area contributed by atoms with Gasteiger partial charge in [0.2, 0.25) is 11.0 Å². The minimum Gasteiger partial charge on any atom is -0.497 e. The summed E-state index contributed by atoms with van der Waals surface area (Å²) in [5.74, 6) is 2.99. The lowest BCUT2D eigenvalue weighted by atomic mass is 10.1. The van der Waals surface area contributed by atoms with Crippen LogP contribution in [0.4, 0.5) is 5.13 Å². The molecule has 1 atom stereocenters. The van der Waals surface area contributed by atoms with E-state index >= 15 is 0 Å². The van der Waals surface area contributed by atoms with Gasteiger partial charge in [-0.1, -0.05) is 18.2 Å². The number of aromatic nitrogens is 2. The van der Waals surface area contributed by atoms with Gasteiger partial charge in [-0.15, -0.1) is 0 Å². The van der Waals surface area contributed by atoms with E-state index in [0.29, 0.717) is 30.9 Å². The number of ether oxygens (including phenoxy) is 3. The van der Waals surface area contributed by atoms with E-state index in [0.717, 1.165) is 47.2 Å². The van der Waals surface area contributed by atoms with Gasteiger partial charge < -0.3 is 24.4 Å². The highest BCUT2D eigenvalue weighted by atomic mass is 32.1. The lowest BCUT2D eigenvalue weighted by molar-refractivity contribution is -0.122. The van der Waals surface area contributed by atoms with Crippen molar-refractivity contribution in [2.45, 2.75) is 31.7 Å². The van der Waals surface area contributed by atoms with E-state index in [4.69, 9.17) is 19.2 Å². The highest BCUT2D eigenvalue weighted by molar-refractivity contribution is 7.09. The van der Waals surface area contributed by atoms with Crippen molar-refractivity contribution in [3.63, 3.8) is 0 Å². The number of nitrogens with one attached hydrogen (secondary N) is 1. The minimum atomic E-state index is -0.219. The van der Waals surface area contributed by atoms with Crippen molar-refractivity contribution in [3.8, 4) is 17.2 Å². The van der Waals surface area contributed by atoms with Gasteiger partial charge in [0.05, 0.1) is 21.3 Å². The lowest BCUT2D eigenvalue weighted by Gasteiger charge is -2.22. The standard InChI is InChI=1S/C25H30N4O4S/c1-31-19-7-4-6-18(14-19)16-23-27-25(34-28-23)29-13-5-8-20(29)24(30)26-12-11-17-9-10-21(32-2)22(15-17)33-3/h4,6-7,9-10,14-15,20H,5,8,11-13,16H2,1-3H3,(H,26,30). The van der Waals surface area contributed by atoms with Gasteiger partial charge in [0.1, 0.15) is 17.6 Å². The fourth-order valence-electron chi connectivity index (χ4n) is 4.15. The summed E-state index contributed by atoms with van der Waals surface area (Å²) in [4.78, 5) is 19.8. The Kier molecular flexibility index (Phi) is 7.84. The second-order valence-electron chi connectivity index (χ2n) is 8.10. The van der Waals surface area contributed by atoms with Crippen LogP contribution < -0.4 is 24.4 Å². The first-order chi connectivity index (χ1) is 16.6. The maximum Gasteiger partial charge on any atom is 0.242 e. The first-order valence-corrected chi connectivity index (χ1v) is 12.1. The third-order valence-electron chi connectivity index (χ3n) is 5.92. The van der Waals surface area contributed by atoms with Crippen LogP contribution in [0.3, 0.4) is 0 Å². The monoisotopic (exact) mass is 482 g/mol. The van der Waals surface area contributed by atoms with Crippen molar-refractivity contribution in [1.29, 1.82) is 0 Å². The molecule has 0 aliphatic carbocycles. The van der Waals surface area contributed by atoms with Gasteiger partial charge in [-0.3, -0.25) is 4.79 Å². The van der Waals surface area contributed by atoms with Gasteiger partial charge in [-0.05, 0) is 54.7 Å². The molecule has 1 saturated heterocycles. The van der Waals surface area contributed by atoms with Crippen molar-refractivity contribution in [3.05, 3.63) is 59.4 Å². The SMILES string of the molecule is COc1cccc(Cc2nsc(N3CCCC3C(=O)NCCc3ccc(OC)c(OC)c3)n2)c1. The molecular weight excluding hydrogens is 452 g/mol. The predicted molar refractivity (Wildman–Crippen MR) is 132 cm³/mol. The fourth-order valence-corrected chi connectivity index (χ4v) is 4.91. The summed E-state index contributed by atoms with van der Waals surface area (Å²) in [6, 6.07) is 13.5. The zero-order chi connectivity index (χ0) is 23.9. The largest absolute Gasteiger partial charge is 0.497 e. The molecule has 9 heteroatoms. The van der Waals surface area contributed by atoms with Crippen molar-refractivity contribution >= 4 is 22.6 Å². The molecule has 0 saturated carbocycles. The minimum absolute atomic E-state index is 0.0301. The zero-order valence-electron chi connectivity index (χ0n) is 19.7. The summed E-state index contributed by atoms with van der Waals surface area (Å²) in [7, 11) is 4.89. The van der Waals surface area contributed by atoms with E-state index in [2.05, 4.69) is 14.6 Å². The van der Waals surface area contributed by atoms with Gasteiger partial charge >= 0.3 is 0 Å². The molecule has 180 valence electrons. The average molecular weight is 483 g/mol. The molecule has 3 aromatic rings. The lowest BCUT2D eigenvalue weighted by Crippen LogP contribution is -2.44. The third kappa shape index (κ3) is 5.59. The van der Waals surface area contributed by atoms with Crippen LogP contribution in [0.2, 0.25) is 0 Å². The molecule has 4 rings (SSSR count). The number of rotatable bonds is 10. The Labute approximate surface area is 204 Å². The number of carbonyl (C=O) groups excluding carboxylic acids is 1. The second kappa shape index (κ2) is 11.2. The Bertz CT molecular complexity index is 1120. The summed E-state index contributed by atoms with van der Waals surface area (Å²) in [6.07, 6.45) is 3.11. The number of benzene rings is 2. The van der Waals surface area contributed by atoms with Crippen LogP contribution in [0, 0.1) is 0 Å². The highest BCUT2D eigenvalue weighted by Crippen LogP contribution is 2.29. The first kappa shape index (κ1) is 23.8. The molecule has 2 heterocycles. The summed E-state index contributed by atoms with van der Waals surface area (Å²) >= 11 is 1.35. The summed E-state index contributed by atoms with van der Waals surface area (Å²) < 4.78 is 20.5. The Balaban J connectivity index is 1.33. The molecule has 0 bridgehead atoms. The van der Waals surface area contributed by atoms with Gasteiger partial charge in [0.15, 0.2) is 11.5 Å². The van der Waals surface area contributed by atoms with Crippen molar-refractivity contribution in [2.75, 3.05) is 39.3 Å². The van der Waals surface area contributed by atoms with Crippen LogP contribution in [-0.2, 0) is 17.6 Å². The molecule has 8 nitrogen and oxygen atoms in total. The number of amides is 1. The van der Waals surface area contributed by atoms with Crippen LogP contribution >= 0.6 is 11.5 Å². The molecule has 1 aliphatic heterocycles. The van der Waals surface area contributed by atoms with E-state index in [9.17, 15) is 4.79 Å². The maximum absolute atomic E-state index is 13.0. The molecule has 1 aromatic heterocycles. The molecular formula is C25H30N4O4S. The van der Waals surface area contributed by atoms with E-state index in [-0.39, 0.29) is 11.9 Å². The quantitative estimate of drug-likeness (QED) is 0.473. The average Bonchev–Trinajstić information content (AvgIpc) is 3.53. The second-order valence-corrected chi connectivity index (χ2v) is 8.83. The Hall–Kier alpha value is -3.33. The topological polar surface area (TPSA) is 85.8 Å². The van der Waals surface area contributed by atoms with E-state index < -0.39 is 0 Å². The summed E-state index contributed by atoms with van der Waals surface area (Å²) in [5.41, 5.74) is 2.17. The Morgan fingerprint density at radius 2 is 1.94 bits per heavy atom. The normalized spacial score (nSPS) is 15.3. The number of hydrogen-bond donors (Lipinski definition) is 1. The summed E-state index contributed by atoms with van der Waals surface area (Å²) in [5, 5.41) is 3.89. The maximum atomic E-state index is 13.0. The van der Waals surface area contributed by atoms with Crippen molar-refractivity contribution in [2.24, 2.45) is 0 Å². The molecule has 0 radical (unpaired) electrons. The third-order valence-corrected chi connectivity index (χ3v) is 6.71. The zero-order valence-corrected chi connectivity index (χ0v) is 20.6. The number of carbonyl (C=O) groups is 1. The number of nitrogens with zero attached hydrogens (tertiary/aromatic N) is 3. The predicted octanol–water partition coefficient (Wildman–Crippen LogP) is 3.48. The Morgan fingerprint density at radius 1 is 1.09 bits per heavy atom. The van der Waals surface area contributed by atoms with Gasteiger partial charge in [-0.2, -0.15) is 4.37 Å². The number of anilines is 1. The van der Waals surface area contributed by atoms with Crippen LogP contribution in [0.1, 0.15) is 29.8 Å². The van der Waals surface area contributed by atoms with Crippen LogP contribution in [0.5, 0.6) is 17.2 Å². The molecule has 1 unspecified atom stereocenters. The molecule has 0 spiro atoms. The Morgan fingerprint density at radius 3 is 2.74 bits per heavy atom. The first-order valence-electron chi connectivity index (χ1n) is 11.3. The van der Waals surface area contributed by atoms with Crippen LogP contribution in [0.15, 0.2) is 42.5 Å². The van der Waals surface area contributed by atoms with Gasteiger partial charge in [0, 0.05) is 31.0 Å². The van der Waals surface area contributed by atoms with E-state index in [1.165, 1.54) is 11.5 Å². The van der Waals surface area contributed by atoms with E-state index in [1.807, 2.05) is 42.5 Å². The molecule has 1 N–H and O–H groups in total. The fraction of sp³-hybridized carbons (Fsp3) is 0.400. The van der Waals surface area contributed by atoms with E-state index in [1.54, 1.807) is 21.3 Å². The molecule has 1 fully saturated rings. The smallest absolute Gasteiger partial charge is 0.242 e. The molecule has 1 aliphatic rings. The van der Waals surface area contributed by atoms with Crippen LogP contribution in [0.25, 0.3) is 0 Å². The number of hydrogen-bond acceptors (Lipinski definition) is 8. The highest BCUT2D eigenvalue weighted by Gasteiger charge is 2.32. The molecule has 34 heavy (non-hydrogen) atoms. The number of methoxy groups -OCH3 is 3. The van der Waals surface area contributed by atoms with Gasteiger partial charge in [0.25, 0.3) is 0 Å². The van der Waals surface area contributed by atoms with Crippen molar-refractivity contribution < 1.29 is 19.0 Å². The summed E-state index contributed by atoms with van der Waals surface area (Å²) in [6.45, 7) is 1.36. The molecule has 2 aromatic carbocycles. The van der Waals surface area contributed by atoms with Gasteiger partial charge in [-0.25, -0.2) is 4.98 Å². The van der Waals surface area contributed by atoms with Crippen molar-refractivity contribution in [1.82, 2.24) is 14.7 Å². The van der Waals surface area contributed by atoms with Crippen LogP contribution in [-0.4, -0.2) is 55.7 Å². The molecule has 1 amide bonds.